The van der Waals surface area contributed by atoms with E-state index in [9.17, 15) is 12.8 Å². The number of nitrogens with zero attached hydrogens (tertiary/aromatic N) is 1. The van der Waals surface area contributed by atoms with Gasteiger partial charge in [0.25, 0.3) is 0 Å². The molecule has 1 fully saturated rings. The maximum Gasteiger partial charge on any atom is 0.243 e. The van der Waals surface area contributed by atoms with E-state index in [-0.39, 0.29) is 10.6 Å². The van der Waals surface area contributed by atoms with Crippen molar-refractivity contribution in [3.63, 3.8) is 0 Å². The third kappa shape index (κ3) is 2.90. The largest absolute Gasteiger partial charge is 0.396 e. The topological polar surface area (TPSA) is 63.4 Å². The van der Waals surface area contributed by atoms with Crippen LogP contribution in [0.4, 0.5) is 10.1 Å². The molecule has 4 nitrogen and oxygen atoms in total. The SMILES string of the molecule is CCCC1CCN(S(=O)(=O)c2ccc(N)c(F)c2)C1. The second kappa shape index (κ2) is 5.46. The Labute approximate surface area is 113 Å². The summed E-state index contributed by atoms with van der Waals surface area (Å²) in [6, 6.07) is 3.65. The van der Waals surface area contributed by atoms with Crippen molar-refractivity contribution >= 4 is 15.7 Å². The van der Waals surface area contributed by atoms with E-state index in [1.54, 1.807) is 0 Å². The molecule has 106 valence electrons. The van der Waals surface area contributed by atoms with Crippen LogP contribution in [0.1, 0.15) is 26.2 Å². The summed E-state index contributed by atoms with van der Waals surface area (Å²) in [5.41, 5.74) is 5.33. The van der Waals surface area contributed by atoms with Crippen LogP contribution >= 0.6 is 0 Å². The lowest BCUT2D eigenvalue weighted by atomic mass is 10.0. The van der Waals surface area contributed by atoms with Crippen LogP contribution < -0.4 is 5.73 Å². The molecule has 1 unspecified atom stereocenters. The maximum atomic E-state index is 13.4. The van der Waals surface area contributed by atoms with Gasteiger partial charge in [-0.05, 0) is 37.0 Å². The zero-order valence-electron chi connectivity index (χ0n) is 11.0. The minimum Gasteiger partial charge on any atom is -0.396 e. The Hall–Kier alpha value is -1.14. The first kappa shape index (κ1) is 14.3. The van der Waals surface area contributed by atoms with Gasteiger partial charge in [-0.15, -0.1) is 0 Å². The molecule has 0 radical (unpaired) electrons. The van der Waals surface area contributed by atoms with Crippen molar-refractivity contribution in [1.29, 1.82) is 0 Å². The fraction of sp³-hybridized carbons (Fsp3) is 0.538. The van der Waals surface area contributed by atoms with Gasteiger partial charge in [0, 0.05) is 13.1 Å². The summed E-state index contributed by atoms with van der Waals surface area (Å²) >= 11 is 0. The molecule has 1 atom stereocenters. The average molecular weight is 286 g/mol. The summed E-state index contributed by atoms with van der Waals surface area (Å²) < 4.78 is 39.6. The predicted octanol–water partition coefficient (Wildman–Crippen LogP) is 2.22. The number of halogens is 1. The van der Waals surface area contributed by atoms with Crippen LogP contribution in [-0.2, 0) is 10.0 Å². The fourth-order valence-corrected chi connectivity index (χ4v) is 4.02. The molecule has 0 aliphatic carbocycles. The molecule has 6 heteroatoms. The molecule has 0 aromatic heterocycles. The van der Waals surface area contributed by atoms with Crippen LogP contribution in [0.15, 0.2) is 23.1 Å². The lowest BCUT2D eigenvalue weighted by molar-refractivity contribution is 0.444. The van der Waals surface area contributed by atoms with Gasteiger partial charge in [0.2, 0.25) is 10.0 Å². The van der Waals surface area contributed by atoms with Crippen molar-refractivity contribution < 1.29 is 12.8 Å². The zero-order chi connectivity index (χ0) is 14.0. The van der Waals surface area contributed by atoms with Crippen LogP contribution in [0.25, 0.3) is 0 Å². The predicted molar refractivity (Wildman–Crippen MR) is 72.6 cm³/mol. The van der Waals surface area contributed by atoms with Gasteiger partial charge >= 0.3 is 0 Å². The van der Waals surface area contributed by atoms with Gasteiger partial charge < -0.3 is 5.73 Å². The lowest BCUT2D eigenvalue weighted by Gasteiger charge is -2.16. The highest BCUT2D eigenvalue weighted by Crippen LogP contribution is 2.27. The first-order valence-corrected chi connectivity index (χ1v) is 7.94. The van der Waals surface area contributed by atoms with E-state index >= 15 is 0 Å². The van der Waals surface area contributed by atoms with E-state index < -0.39 is 15.8 Å². The number of anilines is 1. The van der Waals surface area contributed by atoms with Crippen LogP contribution in [0, 0.1) is 11.7 Å². The molecule has 2 N–H and O–H groups in total. The number of sulfonamides is 1. The van der Waals surface area contributed by atoms with Gasteiger partial charge in [-0.1, -0.05) is 13.3 Å². The molecule has 1 aromatic carbocycles. The summed E-state index contributed by atoms with van der Waals surface area (Å²) in [5.74, 6) is -0.274. The monoisotopic (exact) mass is 286 g/mol. The Morgan fingerprint density at radius 3 is 2.84 bits per heavy atom. The van der Waals surface area contributed by atoms with E-state index in [2.05, 4.69) is 6.92 Å². The molecule has 1 aliphatic heterocycles. The zero-order valence-corrected chi connectivity index (χ0v) is 11.8. The van der Waals surface area contributed by atoms with E-state index in [1.807, 2.05) is 0 Å². The molecule has 0 bridgehead atoms. The highest BCUT2D eigenvalue weighted by Gasteiger charge is 2.32. The van der Waals surface area contributed by atoms with Gasteiger partial charge in [0.05, 0.1) is 10.6 Å². The molecule has 2 rings (SSSR count). The van der Waals surface area contributed by atoms with Crippen molar-refractivity contribution in [2.45, 2.75) is 31.1 Å². The minimum atomic E-state index is -3.59. The van der Waals surface area contributed by atoms with Gasteiger partial charge in [-0.2, -0.15) is 4.31 Å². The Bertz CT molecular complexity index is 560. The quantitative estimate of drug-likeness (QED) is 0.863. The Morgan fingerprint density at radius 1 is 1.47 bits per heavy atom. The van der Waals surface area contributed by atoms with E-state index in [1.165, 1.54) is 16.4 Å². The summed E-state index contributed by atoms with van der Waals surface area (Å²) in [4.78, 5) is -0.0173. The van der Waals surface area contributed by atoms with Gasteiger partial charge in [-0.25, -0.2) is 12.8 Å². The van der Waals surface area contributed by atoms with Crippen molar-refractivity contribution in [2.24, 2.45) is 5.92 Å². The molecule has 0 saturated carbocycles. The number of rotatable bonds is 4. The van der Waals surface area contributed by atoms with Gasteiger partial charge in [0.15, 0.2) is 0 Å². The molecule has 0 spiro atoms. The maximum absolute atomic E-state index is 13.4. The molecule has 1 aliphatic rings. The van der Waals surface area contributed by atoms with Gasteiger partial charge in [-0.3, -0.25) is 0 Å². The standard InChI is InChI=1S/C13H19FN2O2S/c1-2-3-10-6-7-16(9-10)19(17,18)11-4-5-13(15)12(14)8-11/h4-5,8,10H,2-3,6-7,9,15H2,1H3. The third-order valence-electron chi connectivity index (χ3n) is 3.56. The van der Waals surface area contributed by atoms with E-state index in [0.29, 0.717) is 19.0 Å². The highest BCUT2D eigenvalue weighted by atomic mass is 32.2. The molecule has 1 heterocycles. The lowest BCUT2D eigenvalue weighted by Crippen LogP contribution is -2.29. The van der Waals surface area contributed by atoms with Crippen LogP contribution in [-0.4, -0.2) is 25.8 Å². The number of nitrogen functional groups attached to an aromatic ring is 1. The van der Waals surface area contributed by atoms with E-state index in [0.717, 1.165) is 25.3 Å². The van der Waals surface area contributed by atoms with Gasteiger partial charge in [0.1, 0.15) is 5.82 Å². The molecule has 19 heavy (non-hydrogen) atoms. The average Bonchev–Trinajstić information content (AvgIpc) is 2.82. The molecular weight excluding hydrogens is 267 g/mol. The highest BCUT2D eigenvalue weighted by molar-refractivity contribution is 7.89. The Balaban J connectivity index is 2.21. The van der Waals surface area contributed by atoms with Crippen LogP contribution in [0.5, 0.6) is 0 Å². The van der Waals surface area contributed by atoms with Crippen molar-refractivity contribution in [2.75, 3.05) is 18.8 Å². The summed E-state index contributed by atoms with van der Waals surface area (Å²) in [6.07, 6.45) is 2.96. The summed E-state index contributed by atoms with van der Waals surface area (Å²) in [7, 11) is -3.59. The van der Waals surface area contributed by atoms with Crippen LogP contribution in [0.3, 0.4) is 0 Å². The summed E-state index contributed by atoms with van der Waals surface area (Å²) in [5, 5.41) is 0. The molecule has 1 aromatic rings. The van der Waals surface area contributed by atoms with E-state index in [4.69, 9.17) is 5.73 Å². The van der Waals surface area contributed by atoms with Crippen molar-refractivity contribution in [3.8, 4) is 0 Å². The normalized spacial score (nSPS) is 20.8. The number of benzene rings is 1. The second-order valence-corrected chi connectivity index (χ2v) is 6.93. The minimum absolute atomic E-state index is 0.0173. The summed E-state index contributed by atoms with van der Waals surface area (Å²) in [6.45, 7) is 3.13. The number of hydrogen-bond acceptors (Lipinski definition) is 3. The smallest absolute Gasteiger partial charge is 0.243 e. The van der Waals surface area contributed by atoms with Crippen molar-refractivity contribution in [3.05, 3.63) is 24.0 Å². The Kier molecular flexibility index (Phi) is 4.10. The Morgan fingerprint density at radius 2 is 2.21 bits per heavy atom. The first-order chi connectivity index (χ1) is 8.95. The van der Waals surface area contributed by atoms with Crippen LogP contribution in [0.2, 0.25) is 0 Å². The molecule has 1 saturated heterocycles. The number of hydrogen-bond donors (Lipinski definition) is 1. The van der Waals surface area contributed by atoms with Crippen molar-refractivity contribution in [1.82, 2.24) is 4.31 Å². The first-order valence-electron chi connectivity index (χ1n) is 6.50. The third-order valence-corrected chi connectivity index (χ3v) is 5.42. The molecular formula is C13H19FN2O2S. The fourth-order valence-electron chi connectivity index (χ4n) is 2.48. The molecule has 0 amide bonds. The second-order valence-electron chi connectivity index (χ2n) is 4.99. The number of nitrogens with two attached hydrogens (primary N) is 1.